The first-order valence-corrected chi connectivity index (χ1v) is 6.57. The zero-order valence-electron chi connectivity index (χ0n) is 11.9. The van der Waals surface area contributed by atoms with Crippen molar-refractivity contribution in [1.29, 1.82) is 0 Å². The Labute approximate surface area is 118 Å². The molecule has 0 unspecified atom stereocenters. The quantitative estimate of drug-likeness (QED) is 0.900. The SMILES string of the molecule is Cc1oc(C)c(C(=O)N[C@H](CO)c2ccccc2)c1C. The zero-order chi connectivity index (χ0) is 14.7. The summed E-state index contributed by atoms with van der Waals surface area (Å²) >= 11 is 0. The molecule has 1 aromatic heterocycles. The van der Waals surface area contributed by atoms with Crippen LogP contribution in [0.4, 0.5) is 0 Å². The summed E-state index contributed by atoms with van der Waals surface area (Å²) < 4.78 is 5.46. The van der Waals surface area contributed by atoms with E-state index in [1.165, 1.54) is 0 Å². The Morgan fingerprint density at radius 2 is 1.85 bits per heavy atom. The molecule has 0 bridgehead atoms. The molecule has 0 radical (unpaired) electrons. The Bertz CT molecular complexity index is 602. The van der Waals surface area contributed by atoms with E-state index in [9.17, 15) is 9.90 Å². The predicted molar refractivity (Wildman–Crippen MR) is 76.7 cm³/mol. The second-order valence-corrected chi connectivity index (χ2v) is 4.83. The van der Waals surface area contributed by atoms with E-state index in [0.29, 0.717) is 11.3 Å². The van der Waals surface area contributed by atoms with Gasteiger partial charge in [-0.3, -0.25) is 4.79 Å². The van der Waals surface area contributed by atoms with Crippen LogP contribution in [0.3, 0.4) is 0 Å². The van der Waals surface area contributed by atoms with E-state index in [1.54, 1.807) is 6.92 Å². The number of hydrogen-bond donors (Lipinski definition) is 2. The molecule has 0 saturated heterocycles. The van der Waals surface area contributed by atoms with Crippen LogP contribution in [0.2, 0.25) is 0 Å². The minimum atomic E-state index is -0.419. The highest BCUT2D eigenvalue weighted by Gasteiger charge is 2.21. The fourth-order valence-electron chi connectivity index (χ4n) is 2.28. The van der Waals surface area contributed by atoms with Crippen molar-refractivity contribution in [3.8, 4) is 0 Å². The van der Waals surface area contributed by atoms with E-state index in [4.69, 9.17) is 4.42 Å². The molecule has 0 fully saturated rings. The van der Waals surface area contributed by atoms with Crippen molar-refractivity contribution in [2.45, 2.75) is 26.8 Å². The summed E-state index contributed by atoms with van der Waals surface area (Å²) in [5, 5.41) is 12.3. The fourth-order valence-corrected chi connectivity index (χ4v) is 2.28. The molecule has 1 heterocycles. The van der Waals surface area contributed by atoms with Crippen molar-refractivity contribution in [3.05, 3.63) is 58.5 Å². The summed E-state index contributed by atoms with van der Waals surface area (Å²) in [6.07, 6.45) is 0. The molecule has 1 amide bonds. The Hall–Kier alpha value is -2.07. The molecule has 4 heteroatoms. The molecule has 2 rings (SSSR count). The van der Waals surface area contributed by atoms with Crippen molar-refractivity contribution in [1.82, 2.24) is 5.32 Å². The van der Waals surface area contributed by atoms with Crippen LogP contribution in [-0.4, -0.2) is 17.6 Å². The van der Waals surface area contributed by atoms with E-state index in [1.807, 2.05) is 44.2 Å². The molecule has 0 aliphatic rings. The number of amides is 1. The number of rotatable bonds is 4. The van der Waals surface area contributed by atoms with Crippen molar-refractivity contribution in [2.75, 3.05) is 6.61 Å². The standard InChI is InChI=1S/C16H19NO3/c1-10-11(2)20-12(3)15(10)16(19)17-14(9-18)13-7-5-4-6-8-13/h4-8,14,18H,9H2,1-3H3,(H,17,19)/t14-/m1/s1. The first-order chi connectivity index (χ1) is 9.54. The van der Waals surface area contributed by atoms with Crippen molar-refractivity contribution < 1.29 is 14.3 Å². The number of aliphatic hydroxyl groups excluding tert-OH is 1. The van der Waals surface area contributed by atoms with E-state index < -0.39 is 6.04 Å². The Kier molecular flexibility index (Phi) is 4.25. The smallest absolute Gasteiger partial charge is 0.255 e. The third-order valence-corrected chi connectivity index (χ3v) is 3.48. The van der Waals surface area contributed by atoms with Gasteiger partial charge in [0, 0.05) is 5.56 Å². The molecule has 0 aliphatic heterocycles. The topological polar surface area (TPSA) is 62.5 Å². The minimum Gasteiger partial charge on any atom is -0.466 e. The van der Waals surface area contributed by atoms with Crippen LogP contribution in [-0.2, 0) is 0 Å². The number of aryl methyl sites for hydroxylation is 2. The molecular weight excluding hydrogens is 254 g/mol. The predicted octanol–water partition coefficient (Wildman–Crippen LogP) is 2.67. The van der Waals surface area contributed by atoms with Gasteiger partial charge in [0.2, 0.25) is 0 Å². The summed E-state index contributed by atoms with van der Waals surface area (Å²) in [4.78, 5) is 12.4. The lowest BCUT2D eigenvalue weighted by Gasteiger charge is -2.16. The number of furan rings is 1. The molecule has 0 spiro atoms. The molecule has 2 aromatic rings. The first kappa shape index (κ1) is 14.3. The lowest BCUT2D eigenvalue weighted by molar-refractivity contribution is 0.0914. The monoisotopic (exact) mass is 273 g/mol. The second-order valence-electron chi connectivity index (χ2n) is 4.83. The van der Waals surface area contributed by atoms with Gasteiger partial charge in [-0.05, 0) is 26.3 Å². The number of carbonyl (C=O) groups is 1. The van der Waals surface area contributed by atoms with Crippen molar-refractivity contribution >= 4 is 5.91 Å². The van der Waals surface area contributed by atoms with E-state index >= 15 is 0 Å². The Morgan fingerprint density at radius 3 is 2.35 bits per heavy atom. The third-order valence-electron chi connectivity index (χ3n) is 3.48. The Balaban J connectivity index is 2.22. The van der Waals surface area contributed by atoms with Gasteiger partial charge in [-0.15, -0.1) is 0 Å². The summed E-state index contributed by atoms with van der Waals surface area (Å²) in [7, 11) is 0. The number of aliphatic hydroxyl groups is 1. The largest absolute Gasteiger partial charge is 0.466 e. The van der Waals surface area contributed by atoms with Gasteiger partial charge < -0.3 is 14.8 Å². The molecule has 1 aromatic carbocycles. The summed E-state index contributed by atoms with van der Waals surface area (Å²) in [6.45, 7) is 5.31. The van der Waals surface area contributed by atoms with Crippen LogP contribution in [0, 0.1) is 20.8 Å². The van der Waals surface area contributed by atoms with Gasteiger partial charge in [0.1, 0.15) is 11.5 Å². The van der Waals surface area contributed by atoms with Crippen LogP contribution in [0.1, 0.15) is 39.0 Å². The van der Waals surface area contributed by atoms with Gasteiger partial charge in [-0.25, -0.2) is 0 Å². The van der Waals surface area contributed by atoms with E-state index in [2.05, 4.69) is 5.32 Å². The third kappa shape index (κ3) is 2.75. The molecule has 2 N–H and O–H groups in total. The van der Waals surface area contributed by atoms with Crippen LogP contribution in [0.25, 0.3) is 0 Å². The molecule has 0 saturated carbocycles. The van der Waals surface area contributed by atoms with Gasteiger partial charge in [0.15, 0.2) is 0 Å². The van der Waals surface area contributed by atoms with Crippen LogP contribution in [0.15, 0.2) is 34.7 Å². The van der Waals surface area contributed by atoms with Crippen molar-refractivity contribution in [3.63, 3.8) is 0 Å². The number of carbonyl (C=O) groups excluding carboxylic acids is 1. The average molecular weight is 273 g/mol. The maximum absolute atomic E-state index is 12.4. The summed E-state index contributed by atoms with van der Waals surface area (Å²) in [5.74, 6) is 1.12. The number of hydrogen-bond acceptors (Lipinski definition) is 3. The van der Waals surface area contributed by atoms with Gasteiger partial charge in [-0.2, -0.15) is 0 Å². The minimum absolute atomic E-state index is 0.148. The highest BCUT2D eigenvalue weighted by atomic mass is 16.3. The fraction of sp³-hybridized carbons (Fsp3) is 0.312. The lowest BCUT2D eigenvalue weighted by Crippen LogP contribution is -2.31. The average Bonchev–Trinajstić information content (AvgIpc) is 2.70. The normalized spacial score (nSPS) is 12.2. The first-order valence-electron chi connectivity index (χ1n) is 6.57. The number of nitrogens with one attached hydrogen (secondary N) is 1. The Morgan fingerprint density at radius 1 is 1.20 bits per heavy atom. The maximum atomic E-state index is 12.4. The number of benzene rings is 1. The molecule has 0 aliphatic carbocycles. The highest BCUT2D eigenvalue weighted by Crippen LogP contribution is 2.22. The molecule has 4 nitrogen and oxygen atoms in total. The van der Waals surface area contributed by atoms with Crippen LogP contribution < -0.4 is 5.32 Å². The second kappa shape index (κ2) is 5.92. The molecule has 106 valence electrons. The van der Waals surface area contributed by atoms with Gasteiger partial charge in [-0.1, -0.05) is 30.3 Å². The van der Waals surface area contributed by atoms with E-state index in [0.717, 1.165) is 16.9 Å². The van der Waals surface area contributed by atoms with Crippen molar-refractivity contribution in [2.24, 2.45) is 0 Å². The summed E-state index contributed by atoms with van der Waals surface area (Å²) in [6, 6.07) is 8.99. The van der Waals surface area contributed by atoms with Gasteiger partial charge >= 0.3 is 0 Å². The lowest BCUT2D eigenvalue weighted by atomic mass is 10.1. The van der Waals surface area contributed by atoms with Gasteiger partial charge in [0.05, 0.1) is 18.2 Å². The summed E-state index contributed by atoms with van der Waals surface area (Å²) in [5.41, 5.74) is 2.26. The van der Waals surface area contributed by atoms with E-state index in [-0.39, 0.29) is 12.5 Å². The molecule has 20 heavy (non-hydrogen) atoms. The van der Waals surface area contributed by atoms with Crippen LogP contribution in [0.5, 0.6) is 0 Å². The zero-order valence-corrected chi connectivity index (χ0v) is 11.9. The van der Waals surface area contributed by atoms with Gasteiger partial charge in [0.25, 0.3) is 5.91 Å². The molecular formula is C16H19NO3. The van der Waals surface area contributed by atoms with Crippen LogP contribution >= 0.6 is 0 Å². The maximum Gasteiger partial charge on any atom is 0.255 e. The highest BCUT2D eigenvalue weighted by molar-refractivity contribution is 5.97. The molecule has 1 atom stereocenters.